The minimum absolute atomic E-state index is 0.0734. The smallest absolute Gasteiger partial charge is 0.331 e. The van der Waals surface area contributed by atoms with Crippen molar-refractivity contribution in [1.82, 2.24) is 0 Å². The zero-order valence-corrected chi connectivity index (χ0v) is 14.2. The van der Waals surface area contributed by atoms with E-state index in [1.54, 1.807) is 7.11 Å². The van der Waals surface area contributed by atoms with Gasteiger partial charge >= 0.3 is 5.97 Å². The summed E-state index contributed by atoms with van der Waals surface area (Å²) >= 11 is 0. The molecule has 4 atom stereocenters. The highest BCUT2D eigenvalue weighted by molar-refractivity contribution is 5.82. The molecule has 0 aromatic rings. The molecule has 1 fully saturated rings. The molecule has 6 nitrogen and oxygen atoms in total. The van der Waals surface area contributed by atoms with Crippen LogP contribution in [-0.2, 0) is 28.5 Å². The molecule has 0 aliphatic carbocycles. The average molecular weight is 326 g/mol. The Morgan fingerprint density at radius 3 is 2.83 bits per heavy atom. The van der Waals surface area contributed by atoms with Gasteiger partial charge in [-0.1, -0.05) is 12.2 Å². The van der Waals surface area contributed by atoms with Crippen molar-refractivity contribution in [2.75, 3.05) is 13.9 Å². The van der Waals surface area contributed by atoms with Gasteiger partial charge in [0, 0.05) is 19.6 Å². The van der Waals surface area contributed by atoms with Crippen LogP contribution in [0.25, 0.3) is 0 Å². The van der Waals surface area contributed by atoms with Crippen LogP contribution in [-0.4, -0.2) is 50.1 Å². The maximum Gasteiger partial charge on any atom is 0.331 e. The minimum atomic E-state index is -0.619. The molecule has 2 aliphatic rings. The topological polar surface area (TPSA) is 63.2 Å². The summed E-state index contributed by atoms with van der Waals surface area (Å²) < 4.78 is 27.7. The fraction of sp³-hybridized carbons (Fsp3) is 0.706. The lowest BCUT2D eigenvalue weighted by molar-refractivity contribution is -0.169. The highest BCUT2D eigenvalue weighted by atomic mass is 16.8. The minimum Gasteiger partial charge on any atom is -0.455 e. The number of esters is 1. The van der Waals surface area contributed by atoms with Crippen LogP contribution in [0.15, 0.2) is 24.3 Å². The van der Waals surface area contributed by atoms with Crippen LogP contribution in [0.3, 0.4) is 0 Å². The molecule has 0 N–H and O–H groups in total. The standard InChI is InChI=1S/C17H26O6/c1-12-16(23-17(2,3)22-12)14(20-11-19-4)9-5-7-13-8-6-10-15(18)21-13/h5-7,10,12-14,16H,8-9,11H2,1-4H3/b7-5+/t12-,13+,14-,16-/m1/s1. The van der Waals surface area contributed by atoms with Gasteiger partial charge in [-0.15, -0.1) is 0 Å². The van der Waals surface area contributed by atoms with Gasteiger partial charge in [0.25, 0.3) is 0 Å². The van der Waals surface area contributed by atoms with Gasteiger partial charge in [0.05, 0.1) is 12.2 Å². The van der Waals surface area contributed by atoms with Crippen molar-refractivity contribution >= 4 is 5.97 Å². The Hall–Kier alpha value is -1.21. The van der Waals surface area contributed by atoms with Crippen LogP contribution >= 0.6 is 0 Å². The molecule has 2 heterocycles. The van der Waals surface area contributed by atoms with E-state index < -0.39 is 5.79 Å². The summed E-state index contributed by atoms with van der Waals surface area (Å²) in [7, 11) is 1.58. The Kier molecular flexibility index (Phi) is 6.35. The van der Waals surface area contributed by atoms with E-state index in [2.05, 4.69) is 0 Å². The largest absolute Gasteiger partial charge is 0.455 e. The third-order valence-corrected chi connectivity index (χ3v) is 3.73. The number of carbonyl (C=O) groups is 1. The van der Waals surface area contributed by atoms with Crippen LogP contribution < -0.4 is 0 Å². The molecule has 0 spiro atoms. The summed E-state index contributed by atoms with van der Waals surface area (Å²) in [4.78, 5) is 11.2. The molecule has 0 saturated carbocycles. The molecule has 2 rings (SSSR count). The van der Waals surface area contributed by atoms with Crippen molar-refractivity contribution in [2.24, 2.45) is 0 Å². The number of carbonyl (C=O) groups excluding carboxylic acids is 1. The first-order chi connectivity index (χ1) is 10.9. The highest BCUT2D eigenvalue weighted by Crippen LogP contribution is 2.31. The Morgan fingerprint density at radius 2 is 2.22 bits per heavy atom. The third kappa shape index (κ3) is 5.42. The van der Waals surface area contributed by atoms with E-state index in [9.17, 15) is 4.79 Å². The Labute approximate surface area is 137 Å². The van der Waals surface area contributed by atoms with Crippen LogP contribution in [0, 0.1) is 0 Å². The molecule has 6 heteroatoms. The number of hydrogen-bond donors (Lipinski definition) is 0. The Morgan fingerprint density at radius 1 is 1.43 bits per heavy atom. The molecule has 0 unspecified atom stereocenters. The molecular formula is C17H26O6. The second-order valence-electron chi connectivity index (χ2n) is 6.19. The van der Waals surface area contributed by atoms with Crippen molar-refractivity contribution in [2.45, 2.75) is 63.8 Å². The summed E-state index contributed by atoms with van der Waals surface area (Å²) in [5.74, 6) is -0.924. The van der Waals surface area contributed by atoms with Crippen molar-refractivity contribution in [3.63, 3.8) is 0 Å². The van der Waals surface area contributed by atoms with Crippen LogP contribution in [0.4, 0.5) is 0 Å². The SMILES string of the molecule is COCO[C@H](C/C=C/[C@H]1CC=CC(=O)O1)[C@@H]1OC(C)(C)O[C@@H]1C. The molecule has 2 aliphatic heterocycles. The normalized spacial score (nSPS) is 31.5. The maximum absolute atomic E-state index is 11.2. The van der Waals surface area contributed by atoms with E-state index in [1.165, 1.54) is 6.08 Å². The molecule has 130 valence electrons. The lowest BCUT2D eigenvalue weighted by Gasteiger charge is -2.25. The second kappa shape index (κ2) is 8.06. The number of ether oxygens (including phenoxy) is 5. The number of rotatable bonds is 7. The van der Waals surface area contributed by atoms with E-state index in [0.717, 1.165) is 0 Å². The summed E-state index contributed by atoms with van der Waals surface area (Å²) in [6.07, 6.45) is 7.75. The first-order valence-corrected chi connectivity index (χ1v) is 7.91. The van der Waals surface area contributed by atoms with Crippen molar-refractivity contribution < 1.29 is 28.5 Å². The van der Waals surface area contributed by atoms with E-state index in [1.807, 2.05) is 39.0 Å². The average Bonchev–Trinajstić information content (AvgIpc) is 2.76. The van der Waals surface area contributed by atoms with E-state index in [-0.39, 0.29) is 37.2 Å². The van der Waals surface area contributed by atoms with Gasteiger partial charge in [-0.25, -0.2) is 4.79 Å². The van der Waals surface area contributed by atoms with Crippen molar-refractivity contribution in [1.29, 1.82) is 0 Å². The van der Waals surface area contributed by atoms with Crippen molar-refractivity contribution in [3.8, 4) is 0 Å². The quantitative estimate of drug-likeness (QED) is 0.406. The fourth-order valence-corrected chi connectivity index (χ4v) is 2.81. The molecule has 0 aromatic carbocycles. The zero-order chi connectivity index (χ0) is 16.9. The molecule has 23 heavy (non-hydrogen) atoms. The van der Waals surface area contributed by atoms with Gasteiger partial charge in [-0.2, -0.15) is 0 Å². The zero-order valence-electron chi connectivity index (χ0n) is 14.2. The maximum atomic E-state index is 11.2. The number of methoxy groups -OCH3 is 1. The predicted molar refractivity (Wildman–Crippen MR) is 83.6 cm³/mol. The van der Waals surface area contributed by atoms with Gasteiger partial charge < -0.3 is 23.7 Å². The predicted octanol–water partition coefficient (Wildman–Crippen LogP) is 2.33. The second-order valence-corrected chi connectivity index (χ2v) is 6.19. The van der Waals surface area contributed by atoms with Gasteiger partial charge in [0.1, 0.15) is 19.0 Å². The molecule has 0 aromatic heterocycles. The van der Waals surface area contributed by atoms with Crippen LogP contribution in [0.1, 0.15) is 33.6 Å². The van der Waals surface area contributed by atoms with E-state index in [4.69, 9.17) is 23.7 Å². The lowest BCUT2D eigenvalue weighted by atomic mass is 10.0. The third-order valence-electron chi connectivity index (χ3n) is 3.73. The fourth-order valence-electron chi connectivity index (χ4n) is 2.81. The van der Waals surface area contributed by atoms with Crippen LogP contribution in [0.2, 0.25) is 0 Å². The number of hydrogen-bond acceptors (Lipinski definition) is 6. The summed E-state index contributed by atoms with van der Waals surface area (Å²) in [6.45, 7) is 5.94. The molecular weight excluding hydrogens is 300 g/mol. The van der Waals surface area contributed by atoms with E-state index >= 15 is 0 Å². The lowest BCUT2D eigenvalue weighted by Crippen LogP contribution is -2.36. The number of cyclic esters (lactones) is 1. The highest BCUT2D eigenvalue weighted by Gasteiger charge is 2.43. The summed E-state index contributed by atoms with van der Waals surface area (Å²) in [5.41, 5.74) is 0. The molecule has 0 bridgehead atoms. The van der Waals surface area contributed by atoms with Gasteiger partial charge in [0.15, 0.2) is 5.79 Å². The first-order valence-electron chi connectivity index (χ1n) is 7.91. The van der Waals surface area contributed by atoms with Crippen molar-refractivity contribution in [3.05, 3.63) is 24.3 Å². The molecule has 0 amide bonds. The van der Waals surface area contributed by atoms with Crippen LogP contribution in [0.5, 0.6) is 0 Å². The van der Waals surface area contributed by atoms with Gasteiger partial charge in [0.2, 0.25) is 0 Å². The Bertz CT molecular complexity index is 456. The monoisotopic (exact) mass is 326 g/mol. The summed E-state index contributed by atoms with van der Waals surface area (Å²) in [6, 6.07) is 0. The molecule has 0 radical (unpaired) electrons. The van der Waals surface area contributed by atoms with E-state index in [0.29, 0.717) is 12.8 Å². The summed E-state index contributed by atoms with van der Waals surface area (Å²) in [5, 5.41) is 0. The first kappa shape index (κ1) is 18.1. The Balaban J connectivity index is 1.93. The molecule has 1 saturated heterocycles. The van der Waals surface area contributed by atoms with Gasteiger partial charge in [-0.05, 0) is 33.3 Å². The van der Waals surface area contributed by atoms with Gasteiger partial charge in [-0.3, -0.25) is 0 Å².